The predicted molar refractivity (Wildman–Crippen MR) is 98.8 cm³/mol. The molecule has 1 aliphatic carbocycles. The summed E-state index contributed by atoms with van der Waals surface area (Å²) >= 11 is 3.52. The molecule has 2 aromatic heterocycles. The van der Waals surface area contributed by atoms with E-state index in [2.05, 4.69) is 26.2 Å². The van der Waals surface area contributed by atoms with Crippen LogP contribution in [0.5, 0.6) is 0 Å². The Morgan fingerprint density at radius 2 is 1.88 bits per heavy atom. The molecule has 1 N–H and O–H groups in total. The summed E-state index contributed by atoms with van der Waals surface area (Å²) in [6.07, 6.45) is 8.07. The number of hydrogen-bond donors (Lipinski definition) is 1. The maximum Gasteiger partial charge on any atom is 0.139 e. The van der Waals surface area contributed by atoms with E-state index >= 15 is 0 Å². The molecule has 3 aromatic rings. The SMILES string of the molecule is Fc1ccccc1-c1nc2ccc(Br)cn2c1NC1CCCCC1. The van der Waals surface area contributed by atoms with Gasteiger partial charge >= 0.3 is 0 Å². The van der Waals surface area contributed by atoms with Crippen molar-refractivity contribution in [3.8, 4) is 11.3 Å². The lowest BCUT2D eigenvalue weighted by molar-refractivity contribution is 0.461. The van der Waals surface area contributed by atoms with Gasteiger partial charge in [-0.3, -0.25) is 4.40 Å². The first-order chi connectivity index (χ1) is 11.7. The summed E-state index contributed by atoms with van der Waals surface area (Å²) in [5.41, 5.74) is 2.03. The van der Waals surface area contributed by atoms with E-state index < -0.39 is 0 Å². The van der Waals surface area contributed by atoms with Gasteiger partial charge in [-0.05, 0) is 53.0 Å². The van der Waals surface area contributed by atoms with Gasteiger partial charge in [0.15, 0.2) is 0 Å². The van der Waals surface area contributed by atoms with Crippen LogP contribution >= 0.6 is 15.9 Å². The second-order valence-corrected chi connectivity index (χ2v) is 7.26. The largest absolute Gasteiger partial charge is 0.367 e. The van der Waals surface area contributed by atoms with Crippen molar-refractivity contribution in [2.24, 2.45) is 0 Å². The average Bonchev–Trinajstić information content (AvgIpc) is 2.94. The van der Waals surface area contributed by atoms with E-state index in [4.69, 9.17) is 0 Å². The summed E-state index contributed by atoms with van der Waals surface area (Å²) in [7, 11) is 0. The van der Waals surface area contributed by atoms with Crippen molar-refractivity contribution in [1.29, 1.82) is 0 Å². The average molecular weight is 388 g/mol. The molecule has 0 amide bonds. The number of anilines is 1. The molecule has 1 aromatic carbocycles. The third kappa shape index (κ3) is 2.93. The number of pyridine rings is 1. The van der Waals surface area contributed by atoms with E-state index in [1.807, 2.05) is 28.8 Å². The smallest absolute Gasteiger partial charge is 0.139 e. The van der Waals surface area contributed by atoms with Gasteiger partial charge in [-0.2, -0.15) is 0 Å². The lowest BCUT2D eigenvalue weighted by Crippen LogP contribution is -2.23. The van der Waals surface area contributed by atoms with Crippen LogP contribution in [0, 0.1) is 5.82 Å². The molecule has 1 saturated carbocycles. The molecule has 3 nitrogen and oxygen atoms in total. The van der Waals surface area contributed by atoms with Crippen molar-refractivity contribution in [2.75, 3.05) is 5.32 Å². The fourth-order valence-electron chi connectivity index (χ4n) is 3.44. The lowest BCUT2D eigenvalue weighted by Gasteiger charge is -2.24. The van der Waals surface area contributed by atoms with Crippen LogP contribution < -0.4 is 5.32 Å². The number of nitrogens with zero attached hydrogens (tertiary/aromatic N) is 2. The van der Waals surface area contributed by atoms with Gasteiger partial charge in [0.05, 0.1) is 0 Å². The number of rotatable bonds is 3. The van der Waals surface area contributed by atoms with Crippen molar-refractivity contribution >= 4 is 27.4 Å². The Kier molecular flexibility index (Phi) is 4.27. The molecule has 0 atom stereocenters. The van der Waals surface area contributed by atoms with Gasteiger partial charge in [0.2, 0.25) is 0 Å². The zero-order chi connectivity index (χ0) is 16.5. The van der Waals surface area contributed by atoms with E-state index in [1.165, 1.54) is 25.3 Å². The second kappa shape index (κ2) is 6.55. The number of aromatic nitrogens is 2. The van der Waals surface area contributed by atoms with Crippen LogP contribution in [0.25, 0.3) is 16.9 Å². The van der Waals surface area contributed by atoms with Gasteiger partial charge in [-0.15, -0.1) is 0 Å². The number of halogens is 2. The first kappa shape index (κ1) is 15.6. The highest BCUT2D eigenvalue weighted by atomic mass is 79.9. The maximum absolute atomic E-state index is 14.4. The summed E-state index contributed by atoms with van der Waals surface area (Å²) in [6, 6.07) is 11.2. The summed E-state index contributed by atoms with van der Waals surface area (Å²) in [4.78, 5) is 4.69. The molecule has 0 bridgehead atoms. The fourth-order valence-corrected chi connectivity index (χ4v) is 3.77. The van der Waals surface area contributed by atoms with Crippen LogP contribution in [0.1, 0.15) is 32.1 Å². The Morgan fingerprint density at radius 1 is 1.08 bits per heavy atom. The van der Waals surface area contributed by atoms with E-state index in [-0.39, 0.29) is 5.82 Å². The Balaban J connectivity index is 1.85. The number of imidazole rings is 1. The Morgan fingerprint density at radius 3 is 2.67 bits per heavy atom. The standard InChI is InChI=1S/C19H19BrFN3/c20-13-10-11-17-23-18(15-8-4-5-9-16(15)21)19(24(17)12-13)22-14-6-2-1-3-7-14/h4-5,8-12,14,22H,1-3,6-7H2. The highest BCUT2D eigenvalue weighted by Crippen LogP contribution is 2.33. The highest BCUT2D eigenvalue weighted by molar-refractivity contribution is 9.10. The number of hydrogen-bond acceptors (Lipinski definition) is 2. The van der Waals surface area contributed by atoms with Crippen molar-refractivity contribution in [3.05, 3.63) is 52.9 Å². The highest BCUT2D eigenvalue weighted by Gasteiger charge is 2.21. The van der Waals surface area contributed by atoms with Crippen LogP contribution in [0.3, 0.4) is 0 Å². The molecule has 24 heavy (non-hydrogen) atoms. The van der Waals surface area contributed by atoms with Crippen molar-refractivity contribution in [3.63, 3.8) is 0 Å². The first-order valence-corrected chi connectivity index (χ1v) is 9.21. The van der Waals surface area contributed by atoms with E-state index in [0.29, 0.717) is 17.3 Å². The van der Waals surface area contributed by atoms with Crippen molar-refractivity contribution in [1.82, 2.24) is 9.38 Å². The lowest BCUT2D eigenvalue weighted by atomic mass is 9.95. The van der Waals surface area contributed by atoms with Crippen LogP contribution in [-0.2, 0) is 0 Å². The molecule has 0 aliphatic heterocycles. The molecule has 2 heterocycles. The van der Waals surface area contributed by atoms with E-state index in [1.54, 1.807) is 12.1 Å². The molecular formula is C19H19BrFN3. The van der Waals surface area contributed by atoms with Crippen LogP contribution in [0.2, 0.25) is 0 Å². The normalized spacial score (nSPS) is 15.8. The zero-order valence-corrected chi connectivity index (χ0v) is 14.9. The monoisotopic (exact) mass is 387 g/mol. The Bertz CT molecular complexity index is 868. The zero-order valence-electron chi connectivity index (χ0n) is 13.3. The summed E-state index contributed by atoms with van der Waals surface area (Å²) in [6.45, 7) is 0. The number of benzene rings is 1. The van der Waals surface area contributed by atoms with Crippen molar-refractivity contribution < 1.29 is 4.39 Å². The maximum atomic E-state index is 14.4. The molecule has 0 saturated heterocycles. The molecule has 0 unspecified atom stereocenters. The molecular weight excluding hydrogens is 369 g/mol. The van der Waals surface area contributed by atoms with Gasteiger partial charge in [0, 0.05) is 22.3 Å². The molecule has 1 fully saturated rings. The van der Waals surface area contributed by atoms with Gasteiger partial charge in [0.25, 0.3) is 0 Å². The van der Waals surface area contributed by atoms with Gasteiger partial charge in [0.1, 0.15) is 23.0 Å². The fraction of sp³-hybridized carbons (Fsp3) is 0.316. The van der Waals surface area contributed by atoms with Gasteiger partial charge in [-0.1, -0.05) is 31.4 Å². The van der Waals surface area contributed by atoms with Crippen LogP contribution in [0.15, 0.2) is 47.1 Å². The Labute approximate surface area is 149 Å². The van der Waals surface area contributed by atoms with Gasteiger partial charge in [-0.25, -0.2) is 9.37 Å². The minimum atomic E-state index is -0.244. The van der Waals surface area contributed by atoms with E-state index in [9.17, 15) is 4.39 Å². The van der Waals surface area contributed by atoms with Crippen LogP contribution in [-0.4, -0.2) is 15.4 Å². The third-order valence-electron chi connectivity index (χ3n) is 4.66. The summed E-state index contributed by atoms with van der Waals surface area (Å²) in [5, 5.41) is 3.64. The summed E-state index contributed by atoms with van der Waals surface area (Å²) < 4.78 is 17.3. The van der Waals surface area contributed by atoms with E-state index in [0.717, 1.165) is 28.8 Å². The molecule has 0 spiro atoms. The van der Waals surface area contributed by atoms with Crippen molar-refractivity contribution in [2.45, 2.75) is 38.1 Å². The summed E-state index contributed by atoms with van der Waals surface area (Å²) in [5.74, 6) is 0.634. The quantitative estimate of drug-likeness (QED) is 0.629. The first-order valence-electron chi connectivity index (χ1n) is 8.41. The Hall–Kier alpha value is -1.88. The third-order valence-corrected chi connectivity index (χ3v) is 5.13. The minimum Gasteiger partial charge on any atom is -0.367 e. The number of nitrogens with one attached hydrogen (secondary N) is 1. The van der Waals surface area contributed by atoms with Gasteiger partial charge < -0.3 is 5.32 Å². The van der Waals surface area contributed by atoms with Crippen LogP contribution in [0.4, 0.5) is 10.2 Å². The molecule has 5 heteroatoms. The number of fused-ring (bicyclic) bond motifs is 1. The topological polar surface area (TPSA) is 29.3 Å². The molecule has 1 aliphatic rings. The minimum absolute atomic E-state index is 0.244. The predicted octanol–water partition coefficient (Wildman–Crippen LogP) is 5.65. The molecule has 0 radical (unpaired) electrons. The molecule has 4 rings (SSSR count). The molecule has 124 valence electrons. The second-order valence-electron chi connectivity index (χ2n) is 6.34.